The SMILES string of the molecule is NCCc1nc2ccoc2c(=O)[nH]1. The van der Waals surface area contributed by atoms with E-state index in [0.29, 0.717) is 24.3 Å². The standard InChI is InChI=1S/C8H9N3O2/c9-3-1-6-10-5-2-4-13-7(5)8(12)11-6/h2,4H,1,3,9H2,(H,10,11,12). The molecule has 0 aromatic carbocycles. The summed E-state index contributed by atoms with van der Waals surface area (Å²) in [5.41, 5.74) is 5.93. The predicted molar refractivity (Wildman–Crippen MR) is 47.4 cm³/mol. The van der Waals surface area contributed by atoms with Crippen molar-refractivity contribution in [3.63, 3.8) is 0 Å². The summed E-state index contributed by atoms with van der Waals surface area (Å²) >= 11 is 0. The third kappa shape index (κ3) is 1.33. The molecule has 0 saturated heterocycles. The molecule has 3 N–H and O–H groups in total. The molecule has 2 heterocycles. The third-order valence-corrected chi connectivity index (χ3v) is 1.75. The number of fused-ring (bicyclic) bond motifs is 1. The van der Waals surface area contributed by atoms with Crippen LogP contribution in [0.1, 0.15) is 5.82 Å². The summed E-state index contributed by atoms with van der Waals surface area (Å²) in [5, 5.41) is 0. The minimum Gasteiger partial charge on any atom is -0.457 e. The van der Waals surface area contributed by atoms with Crippen LogP contribution in [0.25, 0.3) is 11.1 Å². The van der Waals surface area contributed by atoms with Crippen LogP contribution in [0.15, 0.2) is 21.5 Å². The first-order valence-electron chi connectivity index (χ1n) is 3.97. The Morgan fingerprint density at radius 1 is 1.62 bits per heavy atom. The highest BCUT2D eigenvalue weighted by atomic mass is 16.3. The van der Waals surface area contributed by atoms with E-state index >= 15 is 0 Å². The van der Waals surface area contributed by atoms with Gasteiger partial charge in [-0.3, -0.25) is 4.79 Å². The molecule has 0 aliphatic carbocycles. The quantitative estimate of drug-likeness (QED) is 0.680. The zero-order chi connectivity index (χ0) is 9.26. The lowest BCUT2D eigenvalue weighted by Crippen LogP contribution is -2.14. The molecule has 2 aromatic heterocycles. The Morgan fingerprint density at radius 3 is 3.23 bits per heavy atom. The summed E-state index contributed by atoms with van der Waals surface area (Å²) in [6.45, 7) is 0.465. The molecule has 0 atom stereocenters. The van der Waals surface area contributed by atoms with E-state index in [-0.39, 0.29) is 11.1 Å². The molecule has 68 valence electrons. The molecule has 0 radical (unpaired) electrons. The van der Waals surface area contributed by atoms with Crippen molar-refractivity contribution >= 4 is 11.1 Å². The van der Waals surface area contributed by atoms with Gasteiger partial charge in [-0.05, 0) is 6.54 Å². The van der Waals surface area contributed by atoms with E-state index in [4.69, 9.17) is 10.2 Å². The van der Waals surface area contributed by atoms with Crippen molar-refractivity contribution in [2.24, 2.45) is 5.73 Å². The molecule has 0 amide bonds. The first-order chi connectivity index (χ1) is 6.31. The average molecular weight is 179 g/mol. The van der Waals surface area contributed by atoms with Crippen LogP contribution in [0.5, 0.6) is 0 Å². The first-order valence-corrected chi connectivity index (χ1v) is 3.97. The van der Waals surface area contributed by atoms with Gasteiger partial charge in [0.2, 0.25) is 5.58 Å². The monoisotopic (exact) mass is 179 g/mol. The van der Waals surface area contributed by atoms with Crippen LogP contribution >= 0.6 is 0 Å². The highest BCUT2D eigenvalue weighted by Crippen LogP contribution is 2.06. The molecule has 13 heavy (non-hydrogen) atoms. The van der Waals surface area contributed by atoms with Crippen LogP contribution in [0.4, 0.5) is 0 Å². The fourth-order valence-electron chi connectivity index (χ4n) is 1.18. The normalized spacial score (nSPS) is 10.8. The van der Waals surface area contributed by atoms with Crippen molar-refractivity contribution in [3.8, 4) is 0 Å². The Kier molecular flexibility index (Phi) is 1.86. The minimum atomic E-state index is -0.251. The Morgan fingerprint density at radius 2 is 2.46 bits per heavy atom. The van der Waals surface area contributed by atoms with Gasteiger partial charge in [-0.1, -0.05) is 0 Å². The minimum absolute atomic E-state index is 0.251. The number of hydrogen-bond donors (Lipinski definition) is 2. The van der Waals surface area contributed by atoms with Gasteiger partial charge in [0.1, 0.15) is 11.3 Å². The van der Waals surface area contributed by atoms with E-state index in [1.807, 2.05) is 0 Å². The number of aromatic nitrogens is 2. The smallest absolute Gasteiger partial charge is 0.294 e. The maximum absolute atomic E-state index is 11.3. The van der Waals surface area contributed by atoms with Gasteiger partial charge in [0.25, 0.3) is 5.56 Å². The molecule has 0 fully saturated rings. The third-order valence-electron chi connectivity index (χ3n) is 1.75. The fourth-order valence-corrected chi connectivity index (χ4v) is 1.18. The summed E-state index contributed by atoms with van der Waals surface area (Å²) < 4.78 is 4.94. The van der Waals surface area contributed by atoms with E-state index < -0.39 is 0 Å². The molecule has 2 rings (SSSR count). The molecule has 0 unspecified atom stereocenters. The topological polar surface area (TPSA) is 84.9 Å². The van der Waals surface area contributed by atoms with Crippen molar-refractivity contribution < 1.29 is 4.42 Å². The molecular formula is C8H9N3O2. The van der Waals surface area contributed by atoms with E-state index in [1.54, 1.807) is 6.07 Å². The fraction of sp³-hybridized carbons (Fsp3) is 0.250. The number of nitrogens with two attached hydrogens (primary N) is 1. The first kappa shape index (κ1) is 8.00. The molecule has 0 aliphatic rings. The van der Waals surface area contributed by atoms with Crippen molar-refractivity contribution in [1.82, 2.24) is 9.97 Å². The molecule has 0 bridgehead atoms. The van der Waals surface area contributed by atoms with Crippen molar-refractivity contribution in [3.05, 3.63) is 28.5 Å². The van der Waals surface area contributed by atoms with Gasteiger partial charge in [0.15, 0.2) is 0 Å². The van der Waals surface area contributed by atoms with Crippen LogP contribution < -0.4 is 11.3 Å². The summed E-state index contributed by atoms with van der Waals surface area (Å²) in [5.74, 6) is 0.599. The van der Waals surface area contributed by atoms with Crippen LogP contribution in [-0.2, 0) is 6.42 Å². The molecule has 0 saturated carbocycles. The van der Waals surface area contributed by atoms with Gasteiger partial charge in [0, 0.05) is 12.5 Å². The van der Waals surface area contributed by atoms with Crippen molar-refractivity contribution in [1.29, 1.82) is 0 Å². The summed E-state index contributed by atoms with van der Waals surface area (Å²) in [6, 6.07) is 1.66. The zero-order valence-corrected chi connectivity index (χ0v) is 6.91. The van der Waals surface area contributed by atoms with Gasteiger partial charge in [-0.15, -0.1) is 0 Å². The lowest BCUT2D eigenvalue weighted by atomic mass is 10.4. The van der Waals surface area contributed by atoms with Gasteiger partial charge < -0.3 is 15.1 Å². The lowest BCUT2D eigenvalue weighted by Gasteiger charge is -1.96. The number of hydrogen-bond acceptors (Lipinski definition) is 4. The Hall–Kier alpha value is -1.62. The van der Waals surface area contributed by atoms with Crippen LogP contribution in [-0.4, -0.2) is 16.5 Å². The number of rotatable bonds is 2. The maximum atomic E-state index is 11.3. The van der Waals surface area contributed by atoms with Crippen LogP contribution in [0.3, 0.4) is 0 Å². The van der Waals surface area contributed by atoms with Gasteiger partial charge >= 0.3 is 0 Å². The second-order valence-electron chi connectivity index (χ2n) is 2.69. The number of nitrogens with zero attached hydrogens (tertiary/aromatic N) is 1. The van der Waals surface area contributed by atoms with Crippen LogP contribution in [0, 0.1) is 0 Å². The van der Waals surface area contributed by atoms with E-state index in [1.165, 1.54) is 6.26 Å². The highest BCUT2D eigenvalue weighted by molar-refractivity contribution is 5.70. The Labute approximate surface area is 73.6 Å². The molecular weight excluding hydrogens is 170 g/mol. The van der Waals surface area contributed by atoms with Gasteiger partial charge in [0.05, 0.1) is 6.26 Å². The number of H-pyrrole nitrogens is 1. The second kappa shape index (κ2) is 3.02. The Balaban J connectivity index is 2.63. The molecule has 0 spiro atoms. The maximum Gasteiger partial charge on any atom is 0.294 e. The second-order valence-corrected chi connectivity index (χ2v) is 2.69. The van der Waals surface area contributed by atoms with E-state index in [0.717, 1.165) is 0 Å². The van der Waals surface area contributed by atoms with Crippen molar-refractivity contribution in [2.75, 3.05) is 6.54 Å². The molecule has 2 aromatic rings. The Bertz CT molecular complexity index is 471. The summed E-state index contributed by atoms with van der Waals surface area (Å²) in [4.78, 5) is 18.1. The number of furan rings is 1. The largest absolute Gasteiger partial charge is 0.457 e. The van der Waals surface area contributed by atoms with Gasteiger partial charge in [-0.2, -0.15) is 0 Å². The lowest BCUT2D eigenvalue weighted by molar-refractivity contribution is 0.608. The summed E-state index contributed by atoms with van der Waals surface area (Å²) in [7, 11) is 0. The number of aromatic amines is 1. The molecule has 0 aliphatic heterocycles. The zero-order valence-electron chi connectivity index (χ0n) is 6.91. The highest BCUT2D eigenvalue weighted by Gasteiger charge is 2.04. The molecule has 5 heteroatoms. The molecule has 5 nitrogen and oxygen atoms in total. The van der Waals surface area contributed by atoms with Crippen LogP contribution in [0.2, 0.25) is 0 Å². The van der Waals surface area contributed by atoms with Crippen molar-refractivity contribution in [2.45, 2.75) is 6.42 Å². The predicted octanol–water partition coefficient (Wildman–Crippen LogP) is 0.0173. The van der Waals surface area contributed by atoms with E-state index in [9.17, 15) is 4.79 Å². The van der Waals surface area contributed by atoms with Gasteiger partial charge in [-0.25, -0.2) is 4.98 Å². The average Bonchev–Trinajstić information content (AvgIpc) is 2.53. The van der Waals surface area contributed by atoms with E-state index in [2.05, 4.69) is 9.97 Å². The summed E-state index contributed by atoms with van der Waals surface area (Å²) in [6.07, 6.45) is 2.01. The number of nitrogens with one attached hydrogen (secondary N) is 1.